The van der Waals surface area contributed by atoms with Crippen molar-refractivity contribution in [3.05, 3.63) is 29.3 Å². The van der Waals surface area contributed by atoms with Gasteiger partial charge in [-0.15, -0.1) is 0 Å². The Morgan fingerprint density at radius 3 is 2.47 bits per heavy atom. The second-order valence-corrected chi connectivity index (χ2v) is 4.40. The van der Waals surface area contributed by atoms with Gasteiger partial charge in [-0.25, -0.2) is 0 Å². The number of rotatable bonds is 4. The molecular weight excluding hydrogens is 181 g/mol. The van der Waals surface area contributed by atoms with E-state index in [-0.39, 0.29) is 0 Å². The molecule has 0 saturated carbocycles. The Morgan fingerprint density at radius 2 is 1.93 bits per heavy atom. The van der Waals surface area contributed by atoms with Gasteiger partial charge in [0, 0.05) is 0 Å². The molecule has 0 aliphatic rings. The summed E-state index contributed by atoms with van der Waals surface area (Å²) in [5, 5.41) is 0. The van der Waals surface area contributed by atoms with E-state index in [1.165, 1.54) is 23.0 Å². The molecule has 1 unspecified atom stereocenters. The summed E-state index contributed by atoms with van der Waals surface area (Å²) in [6.07, 6.45) is 1.18. The summed E-state index contributed by atoms with van der Waals surface area (Å²) in [6, 6.07) is 7.22. The fourth-order valence-electron chi connectivity index (χ4n) is 1.50. The highest BCUT2D eigenvalue weighted by Crippen LogP contribution is 2.03. The van der Waals surface area contributed by atoms with Crippen molar-refractivity contribution in [2.24, 2.45) is 0 Å². The number of nitrogens with zero attached hydrogens (tertiary/aromatic N) is 1. The van der Waals surface area contributed by atoms with Crippen LogP contribution in [0.15, 0.2) is 18.2 Å². The van der Waals surface area contributed by atoms with E-state index in [4.69, 9.17) is 0 Å². The van der Waals surface area contributed by atoms with Gasteiger partial charge in [-0.3, -0.25) is 0 Å². The molecule has 2 heteroatoms. The van der Waals surface area contributed by atoms with E-state index in [9.17, 15) is 0 Å². The molecule has 0 aromatic heterocycles. The van der Waals surface area contributed by atoms with Gasteiger partial charge >= 0.3 is 0 Å². The van der Waals surface area contributed by atoms with E-state index < -0.39 is 0 Å². The van der Waals surface area contributed by atoms with Gasteiger partial charge in [-0.2, -0.15) is 0 Å². The summed E-state index contributed by atoms with van der Waals surface area (Å²) in [7, 11) is 4.37. The van der Waals surface area contributed by atoms with Crippen molar-refractivity contribution < 1.29 is 0 Å². The topological polar surface area (TPSA) is 3.24 Å². The summed E-state index contributed by atoms with van der Waals surface area (Å²) in [5.41, 5.74) is 4.01. The highest BCUT2D eigenvalue weighted by molar-refractivity contribution is 6.50. The average molecular weight is 202 g/mol. The fourth-order valence-corrected chi connectivity index (χ4v) is 1.50. The lowest BCUT2D eigenvalue weighted by Gasteiger charge is -2.23. The van der Waals surface area contributed by atoms with Crippen molar-refractivity contribution in [2.45, 2.75) is 40.2 Å². The molecule has 1 nitrogen and oxygen atoms in total. The SMILES string of the molecule is CCC(C)N(C)[B]c1ccc(C)c(C)c1. The number of benzene rings is 1. The molecule has 1 aromatic carbocycles. The number of aryl methyl sites for hydroxylation is 2. The molecule has 0 bridgehead atoms. The molecule has 1 radical (unpaired) electrons. The zero-order valence-corrected chi connectivity index (χ0v) is 10.5. The van der Waals surface area contributed by atoms with Gasteiger partial charge in [0.05, 0.1) is 0 Å². The zero-order chi connectivity index (χ0) is 11.4. The van der Waals surface area contributed by atoms with Crippen LogP contribution in [0.25, 0.3) is 0 Å². The van der Waals surface area contributed by atoms with Crippen LogP contribution in [0, 0.1) is 13.8 Å². The van der Waals surface area contributed by atoms with E-state index >= 15 is 0 Å². The van der Waals surface area contributed by atoms with Gasteiger partial charge in [0.2, 0.25) is 7.41 Å². The van der Waals surface area contributed by atoms with Gasteiger partial charge in [-0.05, 0) is 44.5 Å². The number of hydrogen-bond acceptors (Lipinski definition) is 1. The predicted octanol–water partition coefficient (Wildman–Crippen LogP) is 2.28. The van der Waals surface area contributed by atoms with Gasteiger partial charge in [0.15, 0.2) is 0 Å². The summed E-state index contributed by atoms with van der Waals surface area (Å²) in [4.78, 5) is 2.28. The lowest BCUT2D eigenvalue weighted by Crippen LogP contribution is -2.38. The predicted molar refractivity (Wildman–Crippen MR) is 68.8 cm³/mol. The Morgan fingerprint density at radius 1 is 1.27 bits per heavy atom. The summed E-state index contributed by atoms with van der Waals surface area (Å²) >= 11 is 0. The molecule has 0 aliphatic heterocycles. The smallest absolute Gasteiger partial charge is 0.247 e. The van der Waals surface area contributed by atoms with Crippen molar-refractivity contribution in [2.75, 3.05) is 7.05 Å². The maximum atomic E-state index is 2.28. The summed E-state index contributed by atoms with van der Waals surface area (Å²) < 4.78 is 0. The molecule has 0 fully saturated rings. The normalized spacial score (nSPS) is 12.9. The van der Waals surface area contributed by atoms with Crippen molar-refractivity contribution in [3.8, 4) is 0 Å². The Bertz CT molecular complexity index is 322. The lowest BCUT2D eigenvalue weighted by molar-refractivity contribution is 0.405. The molecule has 0 N–H and O–H groups in total. The van der Waals surface area contributed by atoms with Crippen molar-refractivity contribution in [1.82, 2.24) is 4.81 Å². The molecule has 0 aliphatic carbocycles. The van der Waals surface area contributed by atoms with Gasteiger partial charge in [0.1, 0.15) is 0 Å². The average Bonchev–Trinajstić information content (AvgIpc) is 2.22. The third-order valence-corrected chi connectivity index (χ3v) is 3.17. The van der Waals surface area contributed by atoms with Crippen LogP contribution in [-0.2, 0) is 0 Å². The first kappa shape index (κ1) is 12.3. The molecule has 0 spiro atoms. The molecule has 0 heterocycles. The Hall–Kier alpha value is -0.755. The molecule has 15 heavy (non-hydrogen) atoms. The van der Waals surface area contributed by atoms with Crippen molar-refractivity contribution in [3.63, 3.8) is 0 Å². The Labute approximate surface area is 94.8 Å². The van der Waals surface area contributed by atoms with Crippen LogP contribution in [0.5, 0.6) is 0 Å². The van der Waals surface area contributed by atoms with Crippen LogP contribution in [0.2, 0.25) is 0 Å². The molecule has 0 amide bonds. The van der Waals surface area contributed by atoms with Gasteiger partial charge in [0.25, 0.3) is 0 Å². The molecule has 1 atom stereocenters. The standard InChI is InChI=1S/C13H21BN/c1-6-12(4)15(5)14-13-8-7-10(2)11(3)9-13/h7-9,12H,6H2,1-5H3. The fraction of sp³-hybridized carbons (Fsp3) is 0.538. The van der Waals surface area contributed by atoms with Crippen LogP contribution in [-0.4, -0.2) is 25.3 Å². The molecule has 1 aromatic rings. The molecule has 0 saturated heterocycles. The second-order valence-electron chi connectivity index (χ2n) is 4.40. The zero-order valence-electron chi connectivity index (χ0n) is 10.5. The van der Waals surface area contributed by atoms with E-state index in [2.05, 4.69) is 65.2 Å². The third kappa shape index (κ3) is 3.38. The largest absolute Gasteiger partial charge is 0.343 e. The van der Waals surface area contributed by atoms with Crippen LogP contribution in [0.4, 0.5) is 0 Å². The first-order valence-electron chi connectivity index (χ1n) is 5.68. The monoisotopic (exact) mass is 202 g/mol. The van der Waals surface area contributed by atoms with E-state index in [0.717, 1.165) is 0 Å². The lowest BCUT2D eigenvalue weighted by atomic mass is 9.78. The van der Waals surface area contributed by atoms with Crippen LogP contribution >= 0.6 is 0 Å². The maximum Gasteiger partial charge on any atom is 0.247 e. The second kappa shape index (κ2) is 5.36. The third-order valence-electron chi connectivity index (χ3n) is 3.17. The Kier molecular flexibility index (Phi) is 4.40. The van der Waals surface area contributed by atoms with Crippen molar-refractivity contribution >= 4 is 12.9 Å². The molecule has 81 valence electrons. The maximum absolute atomic E-state index is 2.28. The van der Waals surface area contributed by atoms with Gasteiger partial charge < -0.3 is 4.81 Å². The minimum atomic E-state index is 0.603. The van der Waals surface area contributed by atoms with E-state index in [1.807, 2.05) is 0 Å². The first-order valence-corrected chi connectivity index (χ1v) is 5.68. The molecular formula is C13H21BN. The van der Waals surface area contributed by atoms with Crippen LogP contribution in [0.3, 0.4) is 0 Å². The van der Waals surface area contributed by atoms with E-state index in [0.29, 0.717) is 6.04 Å². The Balaban J connectivity index is 2.68. The quantitative estimate of drug-likeness (QED) is 0.677. The summed E-state index contributed by atoms with van der Waals surface area (Å²) in [6.45, 7) is 8.78. The first-order chi connectivity index (χ1) is 7.04. The minimum absolute atomic E-state index is 0.603. The van der Waals surface area contributed by atoms with Gasteiger partial charge in [-0.1, -0.05) is 37.5 Å². The van der Waals surface area contributed by atoms with Crippen molar-refractivity contribution in [1.29, 1.82) is 0 Å². The molecule has 1 rings (SSSR count). The highest BCUT2D eigenvalue weighted by atomic mass is 15.0. The number of hydrogen-bond donors (Lipinski definition) is 0. The van der Waals surface area contributed by atoms with Crippen LogP contribution in [0.1, 0.15) is 31.4 Å². The van der Waals surface area contributed by atoms with Crippen LogP contribution < -0.4 is 5.46 Å². The summed E-state index contributed by atoms with van der Waals surface area (Å²) in [5.74, 6) is 0. The minimum Gasteiger partial charge on any atom is -0.343 e. The van der Waals surface area contributed by atoms with E-state index in [1.54, 1.807) is 0 Å². The highest BCUT2D eigenvalue weighted by Gasteiger charge is 2.09.